The van der Waals surface area contributed by atoms with E-state index in [2.05, 4.69) is 39.8 Å². The SMILES string of the molecule is CCN1CCN(C[C@@H](O)COc2cccc(CN3CCC(C#N)CC3)c2)CC1. The second-order valence-electron chi connectivity index (χ2n) is 8.03. The van der Waals surface area contributed by atoms with Crippen molar-refractivity contribution in [2.75, 3.05) is 59.0 Å². The van der Waals surface area contributed by atoms with Gasteiger partial charge in [-0.2, -0.15) is 5.26 Å². The van der Waals surface area contributed by atoms with Gasteiger partial charge in [-0.05, 0) is 50.2 Å². The smallest absolute Gasteiger partial charge is 0.119 e. The molecule has 6 heteroatoms. The van der Waals surface area contributed by atoms with Crippen LogP contribution in [0.1, 0.15) is 25.3 Å². The lowest BCUT2D eigenvalue weighted by Crippen LogP contribution is -2.49. The van der Waals surface area contributed by atoms with Gasteiger partial charge in [0, 0.05) is 45.2 Å². The van der Waals surface area contributed by atoms with E-state index >= 15 is 0 Å². The minimum absolute atomic E-state index is 0.220. The zero-order chi connectivity index (χ0) is 19.8. The Bertz CT molecular complexity index is 632. The molecular weight excluding hydrogens is 352 g/mol. The van der Waals surface area contributed by atoms with Gasteiger partial charge in [-0.1, -0.05) is 19.1 Å². The Balaban J connectivity index is 1.40. The number of likely N-dealkylation sites (tertiary alicyclic amines) is 1. The van der Waals surface area contributed by atoms with E-state index in [0.29, 0.717) is 13.2 Å². The average molecular weight is 387 g/mol. The monoisotopic (exact) mass is 386 g/mol. The first-order valence-corrected chi connectivity index (χ1v) is 10.6. The van der Waals surface area contributed by atoms with Crippen LogP contribution in [0.5, 0.6) is 5.75 Å². The van der Waals surface area contributed by atoms with E-state index in [0.717, 1.165) is 70.9 Å². The second kappa shape index (κ2) is 10.8. The highest BCUT2D eigenvalue weighted by Gasteiger charge is 2.20. The number of piperidine rings is 1. The Kier molecular flexibility index (Phi) is 8.11. The third kappa shape index (κ3) is 6.46. The molecule has 0 bridgehead atoms. The van der Waals surface area contributed by atoms with Crippen LogP contribution in [-0.2, 0) is 6.54 Å². The largest absolute Gasteiger partial charge is 0.491 e. The van der Waals surface area contributed by atoms with Crippen LogP contribution in [0.2, 0.25) is 0 Å². The maximum atomic E-state index is 10.3. The van der Waals surface area contributed by atoms with Gasteiger partial charge in [-0.3, -0.25) is 9.80 Å². The normalized spacial score (nSPS) is 21.3. The van der Waals surface area contributed by atoms with Crippen molar-refractivity contribution in [2.45, 2.75) is 32.4 Å². The first-order valence-electron chi connectivity index (χ1n) is 10.6. The molecule has 1 atom stereocenters. The van der Waals surface area contributed by atoms with E-state index in [1.807, 2.05) is 12.1 Å². The van der Waals surface area contributed by atoms with Crippen molar-refractivity contribution < 1.29 is 9.84 Å². The van der Waals surface area contributed by atoms with Gasteiger partial charge >= 0.3 is 0 Å². The number of hydrogen-bond acceptors (Lipinski definition) is 6. The standard InChI is InChI=1S/C22H34N4O2/c1-2-24-10-12-26(13-11-24)17-21(27)18-28-22-5-3-4-20(14-22)16-25-8-6-19(15-23)7-9-25/h3-5,14,19,21,27H,2,6-13,16-18H2,1H3/t21-/m1/s1. The molecule has 1 N–H and O–H groups in total. The van der Waals surface area contributed by atoms with Crippen LogP contribution in [0.25, 0.3) is 0 Å². The van der Waals surface area contributed by atoms with Crippen LogP contribution in [0, 0.1) is 17.2 Å². The summed E-state index contributed by atoms with van der Waals surface area (Å²) < 4.78 is 5.87. The lowest BCUT2D eigenvalue weighted by Gasteiger charge is -2.34. The molecule has 1 aromatic carbocycles. The summed E-state index contributed by atoms with van der Waals surface area (Å²) in [6.07, 6.45) is 1.46. The van der Waals surface area contributed by atoms with Crippen LogP contribution in [0.4, 0.5) is 0 Å². The van der Waals surface area contributed by atoms with Crippen molar-refractivity contribution >= 4 is 0 Å². The van der Waals surface area contributed by atoms with Gasteiger partial charge < -0.3 is 14.7 Å². The molecule has 0 spiro atoms. The number of ether oxygens (including phenoxy) is 1. The first-order chi connectivity index (χ1) is 13.7. The fourth-order valence-electron chi connectivity index (χ4n) is 4.04. The second-order valence-corrected chi connectivity index (χ2v) is 8.03. The quantitative estimate of drug-likeness (QED) is 0.735. The number of nitriles is 1. The van der Waals surface area contributed by atoms with Crippen molar-refractivity contribution in [3.8, 4) is 11.8 Å². The molecule has 2 fully saturated rings. The molecule has 0 aliphatic carbocycles. The molecule has 0 amide bonds. The van der Waals surface area contributed by atoms with Gasteiger partial charge in [-0.25, -0.2) is 0 Å². The number of piperazine rings is 1. The highest BCUT2D eigenvalue weighted by Crippen LogP contribution is 2.20. The topological polar surface area (TPSA) is 63.0 Å². The van der Waals surface area contributed by atoms with Crippen molar-refractivity contribution in [1.29, 1.82) is 5.26 Å². The molecule has 2 heterocycles. The van der Waals surface area contributed by atoms with Crippen molar-refractivity contribution in [3.05, 3.63) is 29.8 Å². The van der Waals surface area contributed by atoms with Gasteiger partial charge in [0.2, 0.25) is 0 Å². The van der Waals surface area contributed by atoms with Crippen LogP contribution >= 0.6 is 0 Å². The molecule has 6 nitrogen and oxygen atoms in total. The predicted octanol–water partition coefficient (Wildman–Crippen LogP) is 1.80. The third-order valence-electron chi connectivity index (χ3n) is 5.90. The van der Waals surface area contributed by atoms with Crippen molar-refractivity contribution in [3.63, 3.8) is 0 Å². The molecule has 2 saturated heterocycles. The number of rotatable bonds is 8. The highest BCUT2D eigenvalue weighted by molar-refractivity contribution is 5.28. The van der Waals surface area contributed by atoms with Crippen molar-refractivity contribution in [1.82, 2.24) is 14.7 Å². The minimum atomic E-state index is -0.471. The van der Waals surface area contributed by atoms with Gasteiger partial charge in [0.15, 0.2) is 0 Å². The van der Waals surface area contributed by atoms with E-state index in [-0.39, 0.29) is 5.92 Å². The Morgan fingerprint density at radius 3 is 2.50 bits per heavy atom. The maximum absolute atomic E-state index is 10.3. The van der Waals surface area contributed by atoms with Crippen LogP contribution < -0.4 is 4.74 Å². The molecule has 2 aliphatic heterocycles. The zero-order valence-corrected chi connectivity index (χ0v) is 17.1. The molecular formula is C22H34N4O2. The minimum Gasteiger partial charge on any atom is -0.491 e. The summed E-state index contributed by atoms with van der Waals surface area (Å²) in [6.45, 7) is 11.3. The Labute approximate surface area is 169 Å². The van der Waals surface area contributed by atoms with Gasteiger partial charge in [0.05, 0.1) is 6.07 Å². The number of β-amino-alcohol motifs (C(OH)–C–C–N with tert-alkyl or cyclic N) is 1. The highest BCUT2D eigenvalue weighted by atomic mass is 16.5. The summed E-state index contributed by atoms with van der Waals surface area (Å²) in [5.74, 6) is 1.04. The van der Waals surface area contributed by atoms with Gasteiger partial charge in [0.25, 0.3) is 0 Å². The molecule has 0 saturated carbocycles. The number of aliphatic hydroxyl groups excluding tert-OH is 1. The lowest BCUT2D eigenvalue weighted by molar-refractivity contribution is 0.0470. The first kappa shape index (κ1) is 21.1. The maximum Gasteiger partial charge on any atom is 0.119 e. The summed E-state index contributed by atoms with van der Waals surface area (Å²) in [7, 11) is 0. The summed E-state index contributed by atoms with van der Waals surface area (Å²) in [5, 5.41) is 19.4. The Morgan fingerprint density at radius 1 is 1.11 bits per heavy atom. The molecule has 28 heavy (non-hydrogen) atoms. The number of hydrogen-bond donors (Lipinski definition) is 1. The van der Waals surface area contributed by atoms with E-state index in [1.165, 1.54) is 5.56 Å². The third-order valence-corrected chi connectivity index (χ3v) is 5.90. The average Bonchev–Trinajstić information content (AvgIpc) is 2.74. The molecule has 0 radical (unpaired) electrons. The predicted molar refractivity (Wildman–Crippen MR) is 110 cm³/mol. The van der Waals surface area contributed by atoms with Crippen LogP contribution in [0.3, 0.4) is 0 Å². The van der Waals surface area contributed by atoms with Gasteiger partial charge in [0.1, 0.15) is 18.5 Å². The van der Waals surface area contributed by atoms with Crippen LogP contribution in [-0.4, -0.2) is 84.9 Å². The number of nitrogens with zero attached hydrogens (tertiary/aromatic N) is 4. The van der Waals surface area contributed by atoms with E-state index in [1.54, 1.807) is 0 Å². The number of benzene rings is 1. The van der Waals surface area contributed by atoms with Gasteiger partial charge in [-0.15, -0.1) is 0 Å². The Hall–Kier alpha value is -1.65. The number of likely N-dealkylation sites (N-methyl/N-ethyl adjacent to an activating group) is 1. The fraction of sp³-hybridized carbons (Fsp3) is 0.682. The summed E-state index contributed by atoms with van der Waals surface area (Å²) in [6, 6.07) is 10.5. The number of aliphatic hydroxyl groups is 1. The lowest BCUT2D eigenvalue weighted by atomic mass is 9.98. The van der Waals surface area contributed by atoms with E-state index in [4.69, 9.17) is 10.00 Å². The Morgan fingerprint density at radius 2 is 1.82 bits per heavy atom. The molecule has 0 aromatic heterocycles. The molecule has 3 rings (SSSR count). The summed E-state index contributed by atoms with van der Waals surface area (Å²) in [5.41, 5.74) is 1.22. The molecule has 1 aromatic rings. The van der Waals surface area contributed by atoms with Crippen molar-refractivity contribution in [2.24, 2.45) is 5.92 Å². The van der Waals surface area contributed by atoms with E-state index < -0.39 is 6.10 Å². The molecule has 154 valence electrons. The fourth-order valence-corrected chi connectivity index (χ4v) is 4.04. The summed E-state index contributed by atoms with van der Waals surface area (Å²) in [4.78, 5) is 7.16. The molecule has 0 unspecified atom stereocenters. The zero-order valence-electron chi connectivity index (χ0n) is 17.1. The van der Waals surface area contributed by atoms with E-state index in [9.17, 15) is 5.11 Å². The van der Waals surface area contributed by atoms with Crippen LogP contribution in [0.15, 0.2) is 24.3 Å². The summed E-state index contributed by atoms with van der Waals surface area (Å²) >= 11 is 0. The molecule has 2 aliphatic rings.